The van der Waals surface area contributed by atoms with Gasteiger partial charge in [0.15, 0.2) is 5.78 Å². The number of aromatic nitrogens is 1. The minimum Gasteiger partial charge on any atom is -0.379 e. The van der Waals surface area contributed by atoms with Gasteiger partial charge in [0.2, 0.25) is 0 Å². The maximum Gasteiger partial charge on any atom is 0.261 e. The summed E-state index contributed by atoms with van der Waals surface area (Å²) in [5.41, 5.74) is 0.678. The van der Waals surface area contributed by atoms with Crippen LogP contribution < -0.4 is 5.56 Å². The highest BCUT2D eigenvalue weighted by atomic mass is 16.5. The molecule has 31 heavy (non-hydrogen) atoms. The summed E-state index contributed by atoms with van der Waals surface area (Å²) < 4.78 is 5.41. The van der Waals surface area contributed by atoms with Crippen molar-refractivity contribution in [1.82, 2.24) is 14.8 Å². The Morgan fingerprint density at radius 2 is 1.87 bits per heavy atom. The Bertz CT molecular complexity index is 840. The van der Waals surface area contributed by atoms with Gasteiger partial charge < -0.3 is 14.6 Å². The van der Waals surface area contributed by atoms with Crippen molar-refractivity contribution in [2.75, 3.05) is 45.9 Å². The van der Waals surface area contributed by atoms with Crippen LogP contribution in [-0.4, -0.2) is 72.4 Å². The monoisotopic (exact) mass is 431 g/mol. The summed E-state index contributed by atoms with van der Waals surface area (Å²) in [7, 11) is 0. The molecule has 7 heteroatoms. The van der Waals surface area contributed by atoms with Crippen molar-refractivity contribution >= 4 is 11.7 Å². The van der Waals surface area contributed by atoms with Crippen LogP contribution in [0, 0.1) is 5.41 Å². The first-order valence-electron chi connectivity index (χ1n) is 11.7. The Hall–Kier alpha value is -1.99. The van der Waals surface area contributed by atoms with Crippen LogP contribution >= 0.6 is 0 Å². The summed E-state index contributed by atoms with van der Waals surface area (Å²) >= 11 is 0. The summed E-state index contributed by atoms with van der Waals surface area (Å²) in [5, 5.41) is 0. The van der Waals surface area contributed by atoms with Gasteiger partial charge in [0.25, 0.3) is 11.5 Å². The largest absolute Gasteiger partial charge is 0.379 e. The van der Waals surface area contributed by atoms with E-state index in [0.29, 0.717) is 50.4 Å². The molecule has 1 fully saturated rings. The molecule has 0 atom stereocenters. The number of fused-ring (bicyclic) bond motifs is 1. The summed E-state index contributed by atoms with van der Waals surface area (Å²) in [6.45, 7) is 11.3. The number of hydrogen-bond donors (Lipinski definition) is 1. The number of ether oxygens (including phenoxy) is 1. The molecule has 7 nitrogen and oxygen atoms in total. The van der Waals surface area contributed by atoms with Crippen molar-refractivity contribution in [3.05, 3.63) is 33.2 Å². The number of amides is 1. The van der Waals surface area contributed by atoms with Gasteiger partial charge in [0, 0.05) is 50.4 Å². The predicted molar refractivity (Wildman–Crippen MR) is 121 cm³/mol. The molecule has 1 aliphatic carbocycles. The molecular formula is C24H37N3O4. The third kappa shape index (κ3) is 6.26. The highest BCUT2D eigenvalue weighted by Gasteiger charge is 2.33. The number of H-pyrrole nitrogens is 1. The topological polar surface area (TPSA) is 82.7 Å². The van der Waals surface area contributed by atoms with E-state index in [0.717, 1.165) is 45.3 Å². The minimum atomic E-state index is -0.390. The third-order valence-corrected chi connectivity index (χ3v) is 6.31. The van der Waals surface area contributed by atoms with E-state index in [-0.39, 0.29) is 28.2 Å². The van der Waals surface area contributed by atoms with E-state index >= 15 is 0 Å². The lowest BCUT2D eigenvalue weighted by molar-refractivity contribution is 0.0324. The van der Waals surface area contributed by atoms with E-state index in [1.807, 2.05) is 13.8 Å². The zero-order chi connectivity index (χ0) is 22.4. The average Bonchev–Trinajstić information content (AvgIpc) is 2.72. The third-order valence-electron chi connectivity index (χ3n) is 6.31. The van der Waals surface area contributed by atoms with Crippen LogP contribution in [0.15, 0.2) is 10.9 Å². The molecule has 172 valence electrons. The number of nitrogens with one attached hydrogen (secondary N) is 1. The number of unbranched alkanes of at least 4 members (excludes halogenated alkanes) is 3. The number of Topliss-reactive ketones (excluding diaryl/α,β-unsaturated/α-hetero) is 1. The molecule has 1 aliphatic heterocycles. The molecule has 1 N–H and O–H groups in total. The zero-order valence-corrected chi connectivity index (χ0v) is 19.3. The van der Waals surface area contributed by atoms with Crippen molar-refractivity contribution in [3.63, 3.8) is 0 Å². The zero-order valence-electron chi connectivity index (χ0n) is 19.3. The lowest BCUT2D eigenvalue weighted by Gasteiger charge is -2.31. The van der Waals surface area contributed by atoms with Crippen LogP contribution in [-0.2, 0) is 11.2 Å². The molecular weight excluding hydrogens is 394 g/mol. The van der Waals surface area contributed by atoms with E-state index in [1.165, 1.54) is 0 Å². The maximum atomic E-state index is 13.4. The van der Waals surface area contributed by atoms with Crippen molar-refractivity contribution in [3.8, 4) is 0 Å². The summed E-state index contributed by atoms with van der Waals surface area (Å²) in [4.78, 5) is 45.8. The summed E-state index contributed by atoms with van der Waals surface area (Å²) in [6.07, 6.45) is 5.30. The number of carbonyl (C=O) groups is 2. The van der Waals surface area contributed by atoms with Gasteiger partial charge >= 0.3 is 0 Å². The normalized spacial score (nSPS) is 18.6. The molecule has 2 aliphatic rings. The molecule has 1 amide bonds. The second-order valence-corrected chi connectivity index (χ2v) is 9.65. The number of aromatic amines is 1. The van der Waals surface area contributed by atoms with Crippen LogP contribution in [0.25, 0.3) is 0 Å². The van der Waals surface area contributed by atoms with Crippen molar-refractivity contribution in [2.45, 2.75) is 59.3 Å². The number of pyridine rings is 1. The van der Waals surface area contributed by atoms with Gasteiger partial charge in [-0.1, -0.05) is 40.0 Å². The molecule has 1 saturated heterocycles. The van der Waals surface area contributed by atoms with E-state index in [9.17, 15) is 14.4 Å². The fourth-order valence-corrected chi connectivity index (χ4v) is 4.49. The summed E-state index contributed by atoms with van der Waals surface area (Å²) in [6, 6.07) is 1.54. The van der Waals surface area contributed by atoms with Crippen molar-refractivity contribution in [2.24, 2.45) is 5.41 Å². The highest BCUT2D eigenvalue weighted by Crippen LogP contribution is 2.33. The first-order chi connectivity index (χ1) is 14.8. The SMILES string of the molecule is CCCCCCN(CCN1CCOCC1)C(=O)c1cc2c([nH]c1=O)CC(C)(C)CC2=O. The lowest BCUT2D eigenvalue weighted by atomic mass is 9.75. The van der Waals surface area contributed by atoms with Crippen LogP contribution in [0.2, 0.25) is 0 Å². The van der Waals surface area contributed by atoms with E-state index < -0.39 is 0 Å². The van der Waals surface area contributed by atoms with Gasteiger partial charge in [-0.15, -0.1) is 0 Å². The van der Waals surface area contributed by atoms with E-state index in [2.05, 4.69) is 16.8 Å². The standard InChI is InChI=1S/C24H37N3O4/c1-4-5-6-7-8-27(10-9-26-11-13-31-14-12-26)23(30)19-15-18-20(25-22(19)29)16-24(2,3)17-21(18)28/h15H,4-14,16-17H2,1-3H3,(H,25,29). The molecule has 0 unspecified atom stereocenters. The molecule has 1 aromatic heterocycles. The molecule has 1 aromatic rings. The minimum absolute atomic E-state index is 0.000590. The number of morpholine rings is 1. The van der Waals surface area contributed by atoms with Crippen LogP contribution in [0.5, 0.6) is 0 Å². The Labute approximate surface area is 185 Å². The smallest absolute Gasteiger partial charge is 0.261 e. The molecule has 3 rings (SSSR count). The maximum absolute atomic E-state index is 13.4. The quantitative estimate of drug-likeness (QED) is 0.608. The van der Waals surface area contributed by atoms with Gasteiger partial charge in [-0.3, -0.25) is 19.3 Å². The van der Waals surface area contributed by atoms with Crippen molar-refractivity contribution < 1.29 is 14.3 Å². The Morgan fingerprint density at radius 1 is 1.13 bits per heavy atom. The first-order valence-corrected chi connectivity index (χ1v) is 11.7. The molecule has 0 saturated carbocycles. The Balaban J connectivity index is 1.78. The number of hydrogen-bond acceptors (Lipinski definition) is 5. The highest BCUT2D eigenvalue weighted by molar-refractivity contribution is 6.02. The molecule has 0 bridgehead atoms. The van der Waals surface area contributed by atoms with Gasteiger partial charge in [-0.25, -0.2) is 0 Å². The molecule has 0 spiro atoms. The van der Waals surface area contributed by atoms with E-state index in [1.54, 1.807) is 11.0 Å². The molecule has 0 radical (unpaired) electrons. The Morgan fingerprint density at radius 3 is 2.58 bits per heavy atom. The average molecular weight is 432 g/mol. The molecule has 2 heterocycles. The Kier molecular flexibility index (Phi) is 8.06. The molecule has 0 aromatic carbocycles. The van der Waals surface area contributed by atoms with Gasteiger partial charge in [-0.2, -0.15) is 0 Å². The van der Waals surface area contributed by atoms with Gasteiger partial charge in [-0.05, 0) is 24.3 Å². The first kappa shape index (κ1) is 23.7. The fraction of sp³-hybridized carbons (Fsp3) is 0.708. The lowest BCUT2D eigenvalue weighted by Crippen LogP contribution is -2.44. The number of nitrogens with zero attached hydrogens (tertiary/aromatic N) is 2. The second kappa shape index (κ2) is 10.6. The van der Waals surface area contributed by atoms with Gasteiger partial charge in [0.1, 0.15) is 5.56 Å². The number of carbonyl (C=O) groups excluding carboxylic acids is 2. The van der Waals surface area contributed by atoms with Crippen LogP contribution in [0.4, 0.5) is 0 Å². The predicted octanol–water partition coefficient (Wildman–Crippen LogP) is 2.88. The number of rotatable bonds is 9. The summed E-state index contributed by atoms with van der Waals surface area (Å²) in [5.74, 6) is -0.272. The number of ketones is 1. The van der Waals surface area contributed by atoms with Gasteiger partial charge in [0.05, 0.1) is 13.2 Å². The van der Waals surface area contributed by atoms with Crippen molar-refractivity contribution in [1.29, 1.82) is 0 Å². The second-order valence-electron chi connectivity index (χ2n) is 9.65. The fourth-order valence-electron chi connectivity index (χ4n) is 4.49. The van der Waals surface area contributed by atoms with Crippen LogP contribution in [0.1, 0.15) is 79.3 Å². The van der Waals surface area contributed by atoms with Crippen LogP contribution in [0.3, 0.4) is 0 Å². The van der Waals surface area contributed by atoms with E-state index in [4.69, 9.17) is 4.74 Å².